The summed E-state index contributed by atoms with van der Waals surface area (Å²) in [6.07, 6.45) is -1.89. The maximum absolute atomic E-state index is 13.5. The monoisotopic (exact) mass is 379 g/mol. The summed E-state index contributed by atoms with van der Waals surface area (Å²) in [6, 6.07) is 5.54. The third kappa shape index (κ3) is 4.27. The first kappa shape index (κ1) is 18.5. The molecule has 2 heterocycles. The van der Waals surface area contributed by atoms with Crippen molar-refractivity contribution in [2.45, 2.75) is 12.6 Å². The van der Waals surface area contributed by atoms with Crippen molar-refractivity contribution >= 4 is 5.91 Å². The highest BCUT2D eigenvalue weighted by molar-refractivity contribution is 5.91. The van der Waals surface area contributed by atoms with Crippen LogP contribution in [0.2, 0.25) is 0 Å². The topological polar surface area (TPSA) is 72.7 Å². The number of alkyl halides is 3. The van der Waals surface area contributed by atoms with Crippen LogP contribution in [0.4, 0.5) is 17.6 Å². The third-order valence-electron chi connectivity index (χ3n) is 3.66. The van der Waals surface area contributed by atoms with Crippen LogP contribution in [0.3, 0.4) is 0 Å². The average Bonchev–Trinajstić information content (AvgIpc) is 3.10. The van der Waals surface area contributed by atoms with Gasteiger partial charge in [0.25, 0.3) is 5.91 Å². The minimum atomic E-state index is -4.63. The molecular formula is C17H13F4N5O. The van der Waals surface area contributed by atoms with E-state index in [1.54, 1.807) is 12.1 Å². The second-order valence-corrected chi connectivity index (χ2v) is 5.64. The summed E-state index contributed by atoms with van der Waals surface area (Å²) in [5, 5.41) is 10.3. The Labute approximate surface area is 150 Å². The van der Waals surface area contributed by atoms with Crippen molar-refractivity contribution < 1.29 is 22.4 Å². The first-order chi connectivity index (χ1) is 12.8. The standard InChI is InChI=1S/C17H13F4N5O/c1-22-16(27)14-9-24-26(25-14)15-7-10(2-3-23-15)4-11-5-12(17(19,20)21)8-13(18)6-11/h2-3,5-9H,4H2,1H3,(H,22,27). The molecule has 3 aromatic rings. The molecule has 6 nitrogen and oxygen atoms in total. The molecule has 3 rings (SSSR count). The molecule has 0 aliphatic carbocycles. The molecule has 0 saturated heterocycles. The van der Waals surface area contributed by atoms with Gasteiger partial charge in [-0.2, -0.15) is 18.3 Å². The number of benzene rings is 1. The Bertz CT molecular complexity index is 983. The van der Waals surface area contributed by atoms with Gasteiger partial charge in [-0.25, -0.2) is 9.37 Å². The van der Waals surface area contributed by atoms with Crippen molar-refractivity contribution in [3.8, 4) is 5.82 Å². The van der Waals surface area contributed by atoms with Crippen molar-refractivity contribution in [2.75, 3.05) is 7.05 Å². The van der Waals surface area contributed by atoms with Gasteiger partial charge in [-0.1, -0.05) is 0 Å². The summed E-state index contributed by atoms with van der Waals surface area (Å²) < 4.78 is 52.1. The highest BCUT2D eigenvalue weighted by Crippen LogP contribution is 2.31. The van der Waals surface area contributed by atoms with Gasteiger partial charge in [-0.3, -0.25) is 4.79 Å². The highest BCUT2D eigenvalue weighted by Gasteiger charge is 2.31. The molecule has 0 atom stereocenters. The molecule has 0 fully saturated rings. The normalized spacial score (nSPS) is 11.4. The van der Waals surface area contributed by atoms with Crippen LogP contribution < -0.4 is 5.32 Å². The van der Waals surface area contributed by atoms with E-state index in [0.717, 1.165) is 16.9 Å². The van der Waals surface area contributed by atoms with Crippen molar-refractivity contribution in [3.63, 3.8) is 0 Å². The third-order valence-corrected chi connectivity index (χ3v) is 3.66. The van der Waals surface area contributed by atoms with Crippen molar-refractivity contribution in [2.24, 2.45) is 0 Å². The second kappa shape index (κ2) is 7.14. The van der Waals surface area contributed by atoms with Crippen LogP contribution in [0.25, 0.3) is 5.82 Å². The van der Waals surface area contributed by atoms with Gasteiger partial charge in [0, 0.05) is 13.2 Å². The predicted molar refractivity (Wildman–Crippen MR) is 86.8 cm³/mol. The molecule has 0 aliphatic rings. The fraction of sp³-hybridized carbons (Fsp3) is 0.176. The molecule has 1 aromatic carbocycles. The number of hydrogen-bond acceptors (Lipinski definition) is 4. The lowest BCUT2D eigenvalue weighted by molar-refractivity contribution is -0.137. The molecule has 0 bridgehead atoms. The molecule has 1 N–H and O–H groups in total. The SMILES string of the molecule is CNC(=O)c1cnn(-c2cc(Cc3cc(F)cc(C(F)(F)F)c3)ccn2)n1. The molecule has 0 unspecified atom stereocenters. The zero-order valence-corrected chi connectivity index (χ0v) is 14.0. The Kier molecular flexibility index (Phi) is 4.89. The van der Waals surface area contributed by atoms with Gasteiger partial charge in [-0.05, 0) is 47.9 Å². The van der Waals surface area contributed by atoms with E-state index < -0.39 is 23.5 Å². The van der Waals surface area contributed by atoms with Crippen molar-refractivity contribution in [1.82, 2.24) is 25.3 Å². The van der Waals surface area contributed by atoms with E-state index in [4.69, 9.17) is 0 Å². The van der Waals surface area contributed by atoms with Gasteiger partial charge < -0.3 is 5.32 Å². The molecule has 1 amide bonds. The number of rotatable bonds is 4. The maximum atomic E-state index is 13.5. The molecule has 0 spiro atoms. The number of halogens is 4. The Morgan fingerprint density at radius 3 is 2.67 bits per heavy atom. The van der Waals surface area contributed by atoms with Gasteiger partial charge in [0.1, 0.15) is 5.82 Å². The number of aromatic nitrogens is 4. The summed E-state index contributed by atoms with van der Waals surface area (Å²) in [6.45, 7) is 0. The average molecular weight is 379 g/mol. The van der Waals surface area contributed by atoms with Crippen LogP contribution in [0.5, 0.6) is 0 Å². The van der Waals surface area contributed by atoms with Crippen LogP contribution >= 0.6 is 0 Å². The zero-order chi connectivity index (χ0) is 19.6. The van der Waals surface area contributed by atoms with E-state index in [-0.39, 0.29) is 23.5 Å². The Morgan fingerprint density at radius 1 is 1.19 bits per heavy atom. The second-order valence-electron chi connectivity index (χ2n) is 5.64. The molecule has 27 heavy (non-hydrogen) atoms. The number of nitrogens with one attached hydrogen (secondary N) is 1. The van der Waals surface area contributed by atoms with Gasteiger partial charge in [0.15, 0.2) is 11.5 Å². The van der Waals surface area contributed by atoms with Gasteiger partial charge in [-0.15, -0.1) is 9.90 Å². The Balaban J connectivity index is 1.88. The smallest absolute Gasteiger partial charge is 0.354 e. The summed E-state index contributed by atoms with van der Waals surface area (Å²) in [4.78, 5) is 16.7. The highest BCUT2D eigenvalue weighted by atomic mass is 19.4. The molecule has 2 aromatic heterocycles. The lowest BCUT2D eigenvalue weighted by Crippen LogP contribution is -2.18. The molecule has 10 heteroatoms. The lowest BCUT2D eigenvalue weighted by Gasteiger charge is -2.10. The summed E-state index contributed by atoms with van der Waals surface area (Å²) in [5.74, 6) is -1.11. The Morgan fingerprint density at radius 2 is 1.96 bits per heavy atom. The number of amides is 1. The van der Waals surface area contributed by atoms with Crippen LogP contribution in [0, 0.1) is 5.82 Å². The van der Waals surface area contributed by atoms with Crippen molar-refractivity contribution in [3.05, 3.63) is 70.9 Å². The van der Waals surface area contributed by atoms with Gasteiger partial charge in [0.2, 0.25) is 0 Å². The first-order valence-corrected chi connectivity index (χ1v) is 7.72. The molecule has 0 saturated carbocycles. The van der Waals surface area contributed by atoms with Gasteiger partial charge >= 0.3 is 6.18 Å². The maximum Gasteiger partial charge on any atom is 0.416 e. The van der Waals surface area contributed by atoms with Crippen LogP contribution in [-0.4, -0.2) is 32.9 Å². The molecule has 140 valence electrons. The fourth-order valence-electron chi connectivity index (χ4n) is 2.44. The predicted octanol–water partition coefficient (Wildman–Crippen LogP) is 2.77. The molecular weight excluding hydrogens is 366 g/mol. The summed E-state index contributed by atoms with van der Waals surface area (Å²) in [7, 11) is 1.45. The minimum absolute atomic E-state index is 0.0555. The largest absolute Gasteiger partial charge is 0.416 e. The lowest BCUT2D eigenvalue weighted by atomic mass is 10.0. The van der Waals surface area contributed by atoms with E-state index in [2.05, 4.69) is 20.5 Å². The fourth-order valence-corrected chi connectivity index (χ4v) is 2.44. The number of carbonyl (C=O) groups is 1. The van der Waals surface area contributed by atoms with E-state index in [0.29, 0.717) is 11.6 Å². The molecule has 0 aliphatic heterocycles. The van der Waals surface area contributed by atoms with Gasteiger partial charge in [0.05, 0.1) is 11.8 Å². The molecule has 0 radical (unpaired) electrons. The summed E-state index contributed by atoms with van der Waals surface area (Å²) in [5.41, 5.74) is -0.211. The number of nitrogens with zero attached hydrogens (tertiary/aromatic N) is 4. The van der Waals surface area contributed by atoms with Crippen LogP contribution in [0.1, 0.15) is 27.2 Å². The van der Waals surface area contributed by atoms with E-state index in [9.17, 15) is 22.4 Å². The number of carbonyl (C=O) groups excluding carboxylic acids is 1. The number of pyridine rings is 1. The van der Waals surface area contributed by atoms with E-state index >= 15 is 0 Å². The zero-order valence-electron chi connectivity index (χ0n) is 14.0. The summed E-state index contributed by atoms with van der Waals surface area (Å²) >= 11 is 0. The van der Waals surface area contributed by atoms with Crippen LogP contribution in [0.15, 0.2) is 42.7 Å². The minimum Gasteiger partial charge on any atom is -0.354 e. The Hall–Kier alpha value is -3.30. The van der Waals surface area contributed by atoms with E-state index in [1.165, 1.54) is 19.4 Å². The van der Waals surface area contributed by atoms with Crippen molar-refractivity contribution in [1.29, 1.82) is 0 Å². The first-order valence-electron chi connectivity index (χ1n) is 7.72. The number of hydrogen-bond donors (Lipinski definition) is 1. The quantitative estimate of drug-likeness (QED) is 0.708. The van der Waals surface area contributed by atoms with Crippen LogP contribution in [-0.2, 0) is 12.6 Å². The van der Waals surface area contributed by atoms with E-state index in [1.807, 2.05) is 0 Å².